The number of nitrogens with two attached hydrogens (primary N) is 1. The predicted octanol–water partition coefficient (Wildman–Crippen LogP) is 3.01. The van der Waals surface area contributed by atoms with Crippen molar-refractivity contribution in [3.63, 3.8) is 0 Å². The highest BCUT2D eigenvalue weighted by Crippen LogP contribution is 2.30. The molecule has 3 N–H and O–H groups in total. The lowest BCUT2D eigenvalue weighted by Crippen LogP contribution is -2.19. The van der Waals surface area contributed by atoms with E-state index in [-0.39, 0.29) is 29.8 Å². The molecule has 0 fully saturated rings. The number of nitrogens with zero attached hydrogens (tertiary/aromatic N) is 2. The van der Waals surface area contributed by atoms with Crippen molar-refractivity contribution in [2.75, 3.05) is 6.61 Å². The summed E-state index contributed by atoms with van der Waals surface area (Å²) in [5, 5.41) is 11.4. The van der Waals surface area contributed by atoms with Crippen LogP contribution in [0.15, 0.2) is 17.3 Å². The van der Waals surface area contributed by atoms with Crippen LogP contribution in [0, 0.1) is 5.92 Å². The van der Waals surface area contributed by atoms with E-state index in [0.29, 0.717) is 0 Å². The molecule has 1 aromatic heterocycles. The zero-order valence-electron chi connectivity index (χ0n) is 11.8. The predicted molar refractivity (Wildman–Crippen MR) is 71.3 cm³/mol. The summed E-state index contributed by atoms with van der Waals surface area (Å²) in [4.78, 5) is 3.43. The van der Waals surface area contributed by atoms with Gasteiger partial charge in [-0.2, -0.15) is 13.2 Å². The minimum absolute atomic E-state index is 0.0224. The Bertz CT molecular complexity index is 504. The van der Waals surface area contributed by atoms with Gasteiger partial charge in [-0.3, -0.25) is 0 Å². The number of hydrogen-bond donors (Lipinski definition) is 2. The lowest BCUT2D eigenvalue weighted by molar-refractivity contribution is -0.141. The van der Waals surface area contributed by atoms with E-state index >= 15 is 0 Å². The summed E-state index contributed by atoms with van der Waals surface area (Å²) in [5.41, 5.74) is 4.35. The summed E-state index contributed by atoms with van der Waals surface area (Å²) in [6.07, 6.45) is -2.78. The fourth-order valence-corrected chi connectivity index (χ4v) is 1.75. The van der Waals surface area contributed by atoms with E-state index in [4.69, 9.17) is 15.7 Å². The first-order chi connectivity index (χ1) is 9.79. The molecule has 0 amide bonds. The number of rotatable bonds is 6. The molecule has 21 heavy (non-hydrogen) atoms. The van der Waals surface area contributed by atoms with Crippen LogP contribution in [-0.4, -0.2) is 22.6 Å². The van der Waals surface area contributed by atoms with Crippen molar-refractivity contribution >= 4 is 5.84 Å². The number of hydrogen-bond acceptors (Lipinski definition) is 4. The molecule has 1 unspecified atom stereocenters. The number of ether oxygens (including phenoxy) is 1. The van der Waals surface area contributed by atoms with Crippen molar-refractivity contribution in [2.45, 2.75) is 32.9 Å². The van der Waals surface area contributed by atoms with Gasteiger partial charge in [0.05, 0.1) is 12.2 Å². The molecule has 0 saturated carbocycles. The van der Waals surface area contributed by atoms with E-state index in [2.05, 4.69) is 10.1 Å². The van der Waals surface area contributed by atoms with Crippen LogP contribution in [0.25, 0.3) is 0 Å². The third-order valence-corrected chi connectivity index (χ3v) is 2.82. The normalized spacial score (nSPS) is 14.0. The first kappa shape index (κ1) is 17.1. The summed E-state index contributed by atoms with van der Waals surface area (Å²) in [7, 11) is 0. The van der Waals surface area contributed by atoms with Crippen molar-refractivity contribution in [1.29, 1.82) is 0 Å². The lowest BCUT2D eigenvalue weighted by Gasteiger charge is -2.15. The highest BCUT2D eigenvalue weighted by Gasteiger charge is 2.33. The number of aromatic nitrogens is 1. The van der Waals surface area contributed by atoms with E-state index in [1.54, 1.807) is 0 Å². The van der Waals surface area contributed by atoms with E-state index in [9.17, 15) is 13.2 Å². The van der Waals surface area contributed by atoms with Crippen LogP contribution in [0.1, 0.15) is 37.9 Å². The Morgan fingerprint density at radius 3 is 2.67 bits per heavy atom. The molecule has 1 heterocycles. The Hall–Kier alpha value is -1.99. The highest BCUT2D eigenvalue weighted by molar-refractivity contribution is 5.99. The van der Waals surface area contributed by atoms with Crippen molar-refractivity contribution in [2.24, 2.45) is 16.8 Å². The van der Waals surface area contributed by atoms with Crippen molar-refractivity contribution in [3.05, 3.63) is 23.4 Å². The van der Waals surface area contributed by atoms with Crippen molar-refractivity contribution in [1.82, 2.24) is 4.98 Å². The van der Waals surface area contributed by atoms with Crippen LogP contribution >= 0.6 is 0 Å². The molecule has 0 bridgehead atoms. The molecular weight excluding hydrogens is 287 g/mol. The van der Waals surface area contributed by atoms with Gasteiger partial charge in [-0.15, -0.1) is 0 Å². The van der Waals surface area contributed by atoms with Gasteiger partial charge >= 0.3 is 6.18 Å². The standard InChI is InChI=1S/C13H18F3N3O2/c1-3-4-8(2)7-21-12-9(11(17)19-20)5-6-10(18-12)13(14,15)16/h5-6,8,20H,3-4,7H2,1-2H3,(H2,17,19). The van der Waals surface area contributed by atoms with Gasteiger partial charge in [-0.1, -0.05) is 25.4 Å². The summed E-state index contributed by atoms with van der Waals surface area (Å²) in [6.45, 7) is 4.12. The largest absolute Gasteiger partial charge is 0.477 e. The molecule has 0 aromatic carbocycles. The van der Waals surface area contributed by atoms with Crippen LogP contribution in [-0.2, 0) is 6.18 Å². The first-order valence-corrected chi connectivity index (χ1v) is 6.48. The number of oxime groups is 1. The van der Waals surface area contributed by atoms with E-state index in [1.165, 1.54) is 0 Å². The maximum atomic E-state index is 12.7. The lowest BCUT2D eigenvalue weighted by atomic mass is 10.1. The van der Waals surface area contributed by atoms with Crippen LogP contribution in [0.5, 0.6) is 5.88 Å². The van der Waals surface area contributed by atoms with E-state index in [0.717, 1.165) is 25.0 Å². The maximum absolute atomic E-state index is 12.7. The Morgan fingerprint density at radius 1 is 1.48 bits per heavy atom. The Morgan fingerprint density at radius 2 is 2.14 bits per heavy atom. The summed E-state index contributed by atoms with van der Waals surface area (Å²) in [6, 6.07) is 1.83. The minimum Gasteiger partial charge on any atom is -0.477 e. The molecule has 0 aliphatic heterocycles. The van der Waals surface area contributed by atoms with Gasteiger partial charge in [0.1, 0.15) is 5.69 Å². The molecule has 0 radical (unpaired) electrons. The second-order valence-electron chi connectivity index (χ2n) is 4.74. The van der Waals surface area contributed by atoms with Gasteiger partial charge in [0, 0.05) is 0 Å². The number of alkyl halides is 3. The Labute approximate surface area is 120 Å². The second-order valence-corrected chi connectivity index (χ2v) is 4.74. The molecular formula is C13H18F3N3O2. The average Bonchev–Trinajstić information content (AvgIpc) is 2.43. The van der Waals surface area contributed by atoms with Gasteiger partial charge in [-0.25, -0.2) is 4.98 Å². The highest BCUT2D eigenvalue weighted by atomic mass is 19.4. The first-order valence-electron chi connectivity index (χ1n) is 6.48. The molecule has 118 valence electrons. The van der Waals surface area contributed by atoms with Crippen LogP contribution in [0.3, 0.4) is 0 Å². The second kappa shape index (κ2) is 7.14. The van der Waals surface area contributed by atoms with Crippen LogP contribution in [0.2, 0.25) is 0 Å². The topological polar surface area (TPSA) is 80.7 Å². The fraction of sp³-hybridized carbons (Fsp3) is 0.538. The van der Waals surface area contributed by atoms with Gasteiger partial charge in [0.25, 0.3) is 0 Å². The average molecular weight is 305 g/mol. The SMILES string of the molecule is CCCC(C)COc1nc(C(F)(F)F)ccc1/C(N)=N/O. The molecule has 1 atom stereocenters. The minimum atomic E-state index is -4.59. The van der Waals surface area contributed by atoms with Gasteiger partial charge in [0.15, 0.2) is 5.84 Å². The maximum Gasteiger partial charge on any atom is 0.433 e. The molecule has 1 rings (SSSR count). The van der Waals surface area contributed by atoms with Crippen LogP contribution in [0.4, 0.5) is 13.2 Å². The monoisotopic (exact) mass is 305 g/mol. The number of amidine groups is 1. The Kier molecular flexibility index (Phi) is 5.80. The zero-order chi connectivity index (χ0) is 16.0. The quantitative estimate of drug-likeness (QED) is 0.366. The molecule has 1 aromatic rings. The molecule has 8 heteroatoms. The zero-order valence-corrected chi connectivity index (χ0v) is 11.8. The van der Waals surface area contributed by atoms with Crippen molar-refractivity contribution < 1.29 is 23.1 Å². The smallest absolute Gasteiger partial charge is 0.433 e. The fourth-order valence-electron chi connectivity index (χ4n) is 1.75. The van der Waals surface area contributed by atoms with E-state index in [1.807, 2.05) is 13.8 Å². The van der Waals surface area contributed by atoms with Crippen molar-refractivity contribution in [3.8, 4) is 5.88 Å². The van der Waals surface area contributed by atoms with Gasteiger partial charge in [-0.05, 0) is 24.5 Å². The number of pyridine rings is 1. The van der Waals surface area contributed by atoms with Gasteiger partial charge < -0.3 is 15.7 Å². The summed E-state index contributed by atoms with van der Waals surface area (Å²) >= 11 is 0. The van der Waals surface area contributed by atoms with Crippen LogP contribution < -0.4 is 10.5 Å². The number of halogens is 3. The summed E-state index contributed by atoms with van der Waals surface area (Å²) in [5.74, 6) is -0.482. The Balaban J connectivity index is 3.06. The van der Waals surface area contributed by atoms with E-state index < -0.39 is 11.9 Å². The molecule has 0 aliphatic carbocycles. The van der Waals surface area contributed by atoms with Gasteiger partial charge in [0.2, 0.25) is 5.88 Å². The summed E-state index contributed by atoms with van der Waals surface area (Å²) < 4.78 is 43.3. The molecule has 0 aliphatic rings. The third kappa shape index (κ3) is 4.80. The third-order valence-electron chi connectivity index (χ3n) is 2.82. The molecule has 0 spiro atoms. The molecule has 5 nitrogen and oxygen atoms in total. The molecule has 0 saturated heterocycles.